The number of benzene rings is 2. The van der Waals surface area contributed by atoms with Crippen LogP contribution in [0.5, 0.6) is 0 Å². The highest BCUT2D eigenvalue weighted by Gasteiger charge is 2.21. The number of rotatable bonds is 4. The van der Waals surface area contributed by atoms with Crippen LogP contribution in [0.3, 0.4) is 0 Å². The highest BCUT2D eigenvalue weighted by atomic mass is 35.5. The van der Waals surface area contributed by atoms with E-state index in [-0.39, 0.29) is 32.0 Å². The van der Waals surface area contributed by atoms with Gasteiger partial charge in [-0.15, -0.1) is 0 Å². The van der Waals surface area contributed by atoms with Gasteiger partial charge in [-0.3, -0.25) is 20.2 Å². The van der Waals surface area contributed by atoms with Crippen molar-refractivity contribution in [2.24, 2.45) is 0 Å². The number of para-hydroxylation sites is 1. The van der Waals surface area contributed by atoms with Gasteiger partial charge in [0.05, 0.1) is 21.2 Å². The number of halogens is 2. The molecule has 2 rings (SSSR count). The summed E-state index contributed by atoms with van der Waals surface area (Å²) in [7, 11) is 0. The van der Waals surface area contributed by atoms with Crippen LogP contribution >= 0.6 is 35.4 Å². The van der Waals surface area contributed by atoms with Gasteiger partial charge in [-0.1, -0.05) is 35.3 Å². The lowest BCUT2D eigenvalue weighted by Crippen LogP contribution is -2.35. The number of carbonyl (C=O) groups excluding carboxylic acids is 1. The van der Waals surface area contributed by atoms with Gasteiger partial charge in [0.25, 0.3) is 11.6 Å². The number of nitro benzene ring substituents is 1. The average Bonchev–Trinajstić information content (AvgIpc) is 2.56. The molecule has 0 heterocycles. The van der Waals surface area contributed by atoms with Crippen LogP contribution in [0.4, 0.5) is 11.4 Å². The molecule has 0 fully saturated rings. The van der Waals surface area contributed by atoms with Crippen LogP contribution in [-0.2, 0) is 0 Å². The summed E-state index contributed by atoms with van der Waals surface area (Å²) in [5, 5.41) is 24.7. The molecule has 134 valence electrons. The Morgan fingerprint density at radius 2 is 1.81 bits per heavy atom. The molecule has 11 heteroatoms. The van der Waals surface area contributed by atoms with E-state index in [0.29, 0.717) is 0 Å². The van der Waals surface area contributed by atoms with E-state index in [2.05, 4.69) is 10.6 Å². The summed E-state index contributed by atoms with van der Waals surface area (Å²) < 4.78 is 0. The Morgan fingerprint density at radius 1 is 1.15 bits per heavy atom. The predicted molar refractivity (Wildman–Crippen MR) is 100 cm³/mol. The van der Waals surface area contributed by atoms with Crippen LogP contribution in [0, 0.1) is 10.1 Å². The Hall–Kier alpha value is -2.75. The van der Waals surface area contributed by atoms with Gasteiger partial charge in [-0.2, -0.15) is 0 Å². The summed E-state index contributed by atoms with van der Waals surface area (Å²) in [6, 6.07) is 7.75. The molecule has 0 atom stereocenters. The Balaban J connectivity index is 2.24. The molecule has 3 N–H and O–H groups in total. The maximum atomic E-state index is 12.2. The zero-order valence-corrected chi connectivity index (χ0v) is 15.0. The van der Waals surface area contributed by atoms with Gasteiger partial charge in [0.2, 0.25) is 0 Å². The summed E-state index contributed by atoms with van der Waals surface area (Å²) in [5.74, 6) is -2.15. The predicted octanol–water partition coefficient (Wildman–Crippen LogP) is 3.73. The Morgan fingerprint density at radius 3 is 2.42 bits per heavy atom. The molecule has 0 unspecified atom stereocenters. The van der Waals surface area contributed by atoms with E-state index in [1.54, 1.807) is 0 Å². The van der Waals surface area contributed by atoms with Crippen LogP contribution in [0.25, 0.3) is 0 Å². The van der Waals surface area contributed by atoms with E-state index in [1.165, 1.54) is 30.3 Å². The lowest BCUT2D eigenvalue weighted by molar-refractivity contribution is -0.385. The van der Waals surface area contributed by atoms with Crippen LogP contribution in [-0.4, -0.2) is 27.0 Å². The number of hydrogen-bond acceptors (Lipinski definition) is 5. The highest BCUT2D eigenvalue weighted by molar-refractivity contribution is 7.80. The third-order valence-electron chi connectivity index (χ3n) is 3.10. The molecule has 0 aromatic heterocycles. The quantitative estimate of drug-likeness (QED) is 0.396. The first-order chi connectivity index (χ1) is 12.2. The lowest BCUT2D eigenvalue weighted by atomic mass is 10.1. The van der Waals surface area contributed by atoms with Gasteiger partial charge >= 0.3 is 5.97 Å². The molecule has 0 aliphatic carbocycles. The number of nitrogens with zero attached hydrogens (tertiary/aromatic N) is 1. The largest absolute Gasteiger partial charge is 0.478 e. The zero-order valence-electron chi connectivity index (χ0n) is 12.7. The number of carbonyl (C=O) groups is 2. The fourth-order valence-corrected chi connectivity index (χ4v) is 2.74. The lowest BCUT2D eigenvalue weighted by Gasteiger charge is -2.13. The number of aromatic carboxylic acids is 1. The van der Waals surface area contributed by atoms with Gasteiger partial charge in [-0.05, 0) is 30.4 Å². The van der Waals surface area contributed by atoms with Gasteiger partial charge in [0.1, 0.15) is 5.56 Å². The number of amides is 1. The summed E-state index contributed by atoms with van der Waals surface area (Å²) in [4.78, 5) is 33.8. The summed E-state index contributed by atoms with van der Waals surface area (Å²) in [6.07, 6.45) is 0. The van der Waals surface area contributed by atoms with E-state index in [0.717, 1.165) is 6.07 Å². The van der Waals surface area contributed by atoms with E-state index in [9.17, 15) is 24.8 Å². The third-order valence-corrected chi connectivity index (χ3v) is 3.82. The standard InChI is InChI=1S/C15H9Cl2N3O5S/c16-7-5-9(14(22)23)12(10(17)6-7)18-15(26)19-13(21)8-3-1-2-4-11(8)20(24)25/h1-6H,(H,22,23)(H2,18,19,21,26). The number of thiocarbonyl (C=S) groups is 1. The molecule has 1 amide bonds. The van der Waals surface area contributed by atoms with E-state index >= 15 is 0 Å². The fourth-order valence-electron chi connectivity index (χ4n) is 2.01. The minimum Gasteiger partial charge on any atom is -0.478 e. The van der Waals surface area contributed by atoms with E-state index < -0.39 is 22.5 Å². The van der Waals surface area contributed by atoms with Gasteiger partial charge < -0.3 is 10.4 Å². The summed E-state index contributed by atoms with van der Waals surface area (Å²) in [6.45, 7) is 0. The van der Waals surface area contributed by atoms with E-state index in [4.69, 9.17) is 35.4 Å². The van der Waals surface area contributed by atoms with E-state index in [1.807, 2.05) is 0 Å². The van der Waals surface area contributed by atoms with Gasteiger partial charge in [0, 0.05) is 11.1 Å². The van der Waals surface area contributed by atoms with Gasteiger partial charge in [0.15, 0.2) is 5.11 Å². The molecule has 2 aromatic carbocycles. The Bertz CT molecular complexity index is 935. The van der Waals surface area contributed by atoms with Crippen molar-refractivity contribution < 1.29 is 19.6 Å². The molecule has 0 spiro atoms. The third kappa shape index (κ3) is 4.45. The van der Waals surface area contributed by atoms with Crippen molar-refractivity contribution in [2.75, 3.05) is 5.32 Å². The highest BCUT2D eigenvalue weighted by Crippen LogP contribution is 2.30. The number of anilines is 1. The van der Waals surface area contributed by atoms with Crippen LogP contribution in [0.1, 0.15) is 20.7 Å². The number of carboxylic acids is 1. The molecule has 26 heavy (non-hydrogen) atoms. The first-order valence-corrected chi connectivity index (χ1v) is 7.95. The van der Waals surface area contributed by atoms with Crippen molar-refractivity contribution >= 4 is 63.8 Å². The second-order valence-electron chi connectivity index (χ2n) is 4.80. The molecule has 0 bridgehead atoms. The van der Waals surface area contributed by atoms with Gasteiger partial charge in [-0.25, -0.2) is 4.79 Å². The summed E-state index contributed by atoms with van der Waals surface area (Å²) in [5.41, 5.74) is -0.938. The topological polar surface area (TPSA) is 122 Å². The molecule has 2 aromatic rings. The molecular weight excluding hydrogens is 405 g/mol. The number of nitrogens with one attached hydrogen (secondary N) is 2. The van der Waals surface area contributed by atoms with Crippen molar-refractivity contribution in [3.8, 4) is 0 Å². The molecule has 8 nitrogen and oxygen atoms in total. The van der Waals surface area contributed by atoms with Crippen LogP contribution < -0.4 is 10.6 Å². The fraction of sp³-hybridized carbons (Fsp3) is 0. The number of nitro groups is 1. The molecule has 0 aliphatic rings. The number of carboxylic acid groups (broad SMARTS) is 1. The van der Waals surface area contributed by atoms with Crippen molar-refractivity contribution in [2.45, 2.75) is 0 Å². The van der Waals surface area contributed by atoms with Crippen molar-refractivity contribution in [1.29, 1.82) is 0 Å². The Kier molecular flexibility index (Phi) is 6.09. The molecule has 0 radical (unpaired) electrons. The summed E-state index contributed by atoms with van der Waals surface area (Å²) >= 11 is 16.7. The molecule has 0 saturated carbocycles. The first kappa shape index (κ1) is 19.6. The molecule has 0 aliphatic heterocycles. The normalized spacial score (nSPS) is 10.1. The Labute approximate surface area is 161 Å². The maximum Gasteiger partial charge on any atom is 0.337 e. The molecular formula is C15H9Cl2N3O5S. The minimum absolute atomic E-state index is 0.0304. The second-order valence-corrected chi connectivity index (χ2v) is 6.05. The van der Waals surface area contributed by atoms with Crippen molar-refractivity contribution in [1.82, 2.24) is 5.32 Å². The smallest absolute Gasteiger partial charge is 0.337 e. The number of hydrogen-bond donors (Lipinski definition) is 3. The maximum absolute atomic E-state index is 12.2. The zero-order chi connectivity index (χ0) is 19.4. The van der Waals surface area contributed by atoms with Crippen molar-refractivity contribution in [3.63, 3.8) is 0 Å². The van der Waals surface area contributed by atoms with Crippen LogP contribution in [0.2, 0.25) is 10.0 Å². The SMILES string of the molecule is O=C(NC(=S)Nc1c(Cl)cc(Cl)cc1C(=O)O)c1ccccc1[N+](=O)[O-]. The van der Waals surface area contributed by atoms with Crippen molar-refractivity contribution in [3.05, 3.63) is 67.7 Å². The monoisotopic (exact) mass is 413 g/mol. The molecule has 0 saturated heterocycles. The minimum atomic E-state index is -1.32. The average molecular weight is 414 g/mol. The van der Waals surface area contributed by atoms with Crippen LogP contribution in [0.15, 0.2) is 36.4 Å². The second kappa shape index (κ2) is 8.09. The first-order valence-electron chi connectivity index (χ1n) is 6.78.